The Morgan fingerprint density at radius 2 is 2.00 bits per heavy atom. The van der Waals surface area contributed by atoms with Crippen LogP contribution in [0.15, 0.2) is 42.5 Å². The molecule has 0 aliphatic carbocycles. The lowest BCUT2D eigenvalue weighted by Gasteiger charge is -2.25. The number of amides is 1. The number of ether oxygens (including phenoxy) is 1. The van der Waals surface area contributed by atoms with E-state index >= 15 is 0 Å². The predicted molar refractivity (Wildman–Crippen MR) is 106 cm³/mol. The number of aliphatic hydroxyl groups is 1. The highest BCUT2D eigenvalue weighted by atomic mass is 16.5. The molecule has 2 aromatic rings. The first-order valence-corrected chi connectivity index (χ1v) is 9.46. The lowest BCUT2D eigenvalue weighted by molar-refractivity contribution is 0.0412. The molecule has 1 unspecified atom stereocenters. The second kappa shape index (κ2) is 8.11. The summed E-state index contributed by atoms with van der Waals surface area (Å²) in [6.45, 7) is 5.88. The number of aryl methyl sites for hydroxylation is 2. The number of benzene rings is 2. The van der Waals surface area contributed by atoms with E-state index in [9.17, 15) is 9.90 Å². The summed E-state index contributed by atoms with van der Waals surface area (Å²) in [7, 11) is 0. The number of hydrogen-bond donors (Lipinski definition) is 2. The van der Waals surface area contributed by atoms with Gasteiger partial charge in [-0.25, -0.2) is 0 Å². The molecular weight excluding hydrogens is 340 g/mol. The van der Waals surface area contributed by atoms with Gasteiger partial charge >= 0.3 is 0 Å². The van der Waals surface area contributed by atoms with Gasteiger partial charge in [-0.05, 0) is 62.1 Å². The summed E-state index contributed by atoms with van der Waals surface area (Å²) in [6.07, 6.45) is 1.31. The van der Waals surface area contributed by atoms with Gasteiger partial charge in [0.15, 0.2) is 0 Å². The summed E-state index contributed by atoms with van der Waals surface area (Å²) in [4.78, 5) is 14.7. The van der Waals surface area contributed by atoms with Gasteiger partial charge < -0.3 is 20.5 Å². The first-order valence-electron chi connectivity index (χ1n) is 9.46. The van der Waals surface area contributed by atoms with Crippen molar-refractivity contribution in [1.82, 2.24) is 4.90 Å². The zero-order valence-corrected chi connectivity index (χ0v) is 16.1. The molecule has 5 heteroatoms. The van der Waals surface area contributed by atoms with E-state index in [1.807, 2.05) is 50.2 Å². The van der Waals surface area contributed by atoms with Gasteiger partial charge in [0, 0.05) is 12.1 Å². The maximum atomic E-state index is 13.0. The fraction of sp³-hybridized carbons (Fsp3) is 0.409. The standard InChI is InChI=1S/C22H28N2O3/c1-16-6-3-4-7-19(16)22(26)10-12-24(15-22)21(25)18-9-8-17(2)20(14-18)27-13-5-11-23/h3-4,6-9,14,26H,5,10-13,15,23H2,1-2H3. The van der Waals surface area contributed by atoms with Crippen molar-refractivity contribution in [2.45, 2.75) is 32.3 Å². The topological polar surface area (TPSA) is 75.8 Å². The molecule has 3 rings (SSSR count). The summed E-state index contributed by atoms with van der Waals surface area (Å²) >= 11 is 0. The highest BCUT2D eigenvalue weighted by molar-refractivity contribution is 5.95. The Kier molecular flexibility index (Phi) is 5.82. The minimum Gasteiger partial charge on any atom is -0.493 e. The number of nitrogens with two attached hydrogens (primary N) is 1. The van der Waals surface area contributed by atoms with E-state index in [1.54, 1.807) is 11.0 Å². The van der Waals surface area contributed by atoms with Gasteiger partial charge in [0.1, 0.15) is 11.4 Å². The van der Waals surface area contributed by atoms with Crippen LogP contribution >= 0.6 is 0 Å². The minimum atomic E-state index is -0.994. The summed E-state index contributed by atoms with van der Waals surface area (Å²) < 4.78 is 5.76. The first-order chi connectivity index (χ1) is 12.9. The molecule has 1 amide bonds. The third-order valence-corrected chi connectivity index (χ3v) is 5.22. The van der Waals surface area contributed by atoms with Crippen molar-refractivity contribution in [3.8, 4) is 5.75 Å². The van der Waals surface area contributed by atoms with Gasteiger partial charge in [0.25, 0.3) is 5.91 Å². The summed E-state index contributed by atoms with van der Waals surface area (Å²) in [5, 5.41) is 11.1. The zero-order chi connectivity index (χ0) is 19.4. The Morgan fingerprint density at radius 3 is 2.74 bits per heavy atom. The number of likely N-dealkylation sites (tertiary alicyclic amines) is 1. The molecule has 27 heavy (non-hydrogen) atoms. The quantitative estimate of drug-likeness (QED) is 0.769. The Labute approximate surface area is 160 Å². The number of nitrogens with zero attached hydrogens (tertiary/aromatic N) is 1. The Balaban J connectivity index is 1.75. The monoisotopic (exact) mass is 368 g/mol. The lowest BCUT2D eigenvalue weighted by Crippen LogP contribution is -2.34. The predicted octanol–water partition coefficient (Wildman–Crippen LogP) is 2.76. The van der Waals surface area contributed by atoms with Crippen LogP contribution in [0.3, 0.4) is 0 Å². The van der Waals surface area contributed by atoms with E-state index in [-0.39, 0.29) is 5.91 Å². The van der Waals surface area contributed by atoms with Crippen LogP contribution in [0.2, 0.25) is 0 Å². The van der Waals surface area contributed by atoms with Crippen molar-refractivity contribution in [2.75, 3.05) is 26.2 Å². The van der Waals surface area contributed by atoms with Gasteiger partial charge in [-0.15, -0.1) is 0 Å². The van der Waals surface area contributed by atoms with E-state index in [1.165, 1.54) is 0 Å². The molecule has 1 atom stereocenters. The third kappa shape index (κ3) is 4.15. The molecule has 3 N–H and O–H groups in total. The SMILES string of the molecule is Cc1ccc(C(=O)N2CCC(O)(c3ccccc3C)C2)cc1OCCCN. The number of hydrogen-bond acceptors (Lipinski definition) is 4. The van der Waals surface area contributed by atoms with Crippen LogP contribution in [0, 0.1) is 13.8 Å². The molecule has 0 aromatic heterocycles. The lowest BCUT2D eigenvalue weighted by atomic mass is 9.89. The fourth-order valence-corrected chi connectivity index (χ4v) is 3.62. The van der Waals surface area contributed by atoms with E-state index in [2.05, 4.69) is 0 Å². The second-order valence-corrected chi connectivity index (χ2v) is 7.29. The molecule has 1 heterocycles. The van der Waals surface area contributed by atoms with Crippen LogP contribution in [0.4, 0.5) is 0 Å². The largest absolute Gasteiger partial charge is 0.493 e. The Hall–Kier alpha value is -2.37. The van der Waals surface area contributed by atoms with E-state index in [0.717, 1.165) is 23.1 Å². The Bertz CT molecular complexity index is 821. The maximum absolute atomic E-state index is 13.0. The highest BCUT2D eigenvalue weighted by Gasteiger charge is 2.40. The van der Waals surface area contributed by atoms with Gasteiger partial charge in [0.2, 0.25) is 0 Å². The van der Waals surface area contributed by atoms with E-state index < -0.39 is 5.60 Å². The van der Waals surface area contributed by atoms with Crippen LogP contribution in [0.5, 0.6) is 5.75 Å². The molecule has 0 saturated carbocycles. The zero-order valence-electron chi connectivity index (χ0n) is 16.1. The molecule has 1 saturated heterocycles. The average Bonchev–Trinajstić information content (AvgIpc) is 3.06. The van der Waals surface area contributed by atoms with Crippen LogP contribution in [0.25, 0.3) is 0 Å². The molecule has 1 aliphatic rings. The molecule has 1 fully saturated rings. The summed E-state index contributed by atoms with van der Waals surface area (Å²) in [5.74, 6) is 0.630. The minimum absolute atomic E-state index is 0.0804. The van der Waals surface area contributed by atoms with Crippen molar-refractivity contribution < 1.29 is 14.6 Å². The molecule has 5 nitrogen and oxygen atoms in total. The normalized spacial score (nSPS) is 19.3. The number of rotatable bonds is 6. The van der Waals surface area contributed by atoms with Crippen LogP contribution in [-0.4, -0.2) is 42.2 Å². The summed E-state index contributed by atoms with van der Waals surface area (Å²) in [5.41, 5.74) is 8.03. The number of carbonyl (C=O) groups excluding carboxylic acids is 1. The van der Waals surface area contributed by atoms with Gasteiger partial charge in [-0.3, -0.25) is 4.79 Å². The highest BCUT2D eigenvalue weighted by Crippen LogP contribution is 2.34. The fourth-order valence-electron chi connectivity index (χ4n) is 3.62. The van der Waals surface area contributed by atoms with Crippen molar-refractivity contribution in [1.29, 1.82) is 0 Å². The molecule has 2 aromatic carbocycles. The third-order valence-electron chi connectivity index (χ3n) is 5.22. The van der Waals surface area contributed by atoms with Crippen molar-refractivity contribution in [3.05, 3.63) is 64.7 Å². The molecule has 0 radical (unpaired) electrons. The van der Waals surface area contributed by atoms with E-state index in [4.69, 9.17) is 10.5 Å². The number of β-amino-alcohol motifs (C(OH)–C–C–N with tert-alkyl or cyclic N) is 1. The molecule has 0 spiro atoms. The smallest absolute Gasteiger partial charge is 0.254 e. The van der Waals surface area contributed by atoms with Crippen LogP contribution < -0.4 is 10.5 Å². The summed E-state index contributed by atoms with van der Waals surface area (Å²) in [6, 6.07) is 13.3. The van der Waals surface area contributed by atoms with Crippen molar-refractivity contribution >= 4 is 5.91 Å². The number of carbonyl (C=O) groups is 1. The maximum Gasteiger partial charge on any atom is 0.254 e. The van der Waals surface area contributed by atoms with Gasteiger partial charge in [-0.1, -0.05) is 30.3 Å². The molecule has 0 bridgehead atoms. The van der Waals surface area contributed by atoms with Gasteiger partial charge in [-0.2, -0.15) is 0 Å². The van der Waals surface area contributed by atoms with Crippen LogP contribution in [-0.2, 0) is 5.60 Å². The van der Waals surface area contributed by atoms with Crippen molar-refractivity contribution in [2.24, 2.45) is 5.73 Å². The van der Waals surface area contributed by atoms with Gasteiger partial charge in [0.05, 0.1) is 13.2 Å². The molecule has 1 aliphatic heterocycles. The molecular formula is C22H28N2O3. The average molecular weight is 368 g/mol. The molecule has 144 valence electrons. The van der Waals surface area contributed by atoms with Crippen LogP contribution in [0.1, 0.15) is 39.9 Å². The first kappa shape index (κ1) is 19.4. The van der Waals surface area contributed by atoms with Crippen molar-refractivity contribution in [3.63, 3.8) is 0 Å². The Morgan fingerprint density at radius 1 is 1.22 bits per heavy atom. The van der Waals surface area contributed by atoms with E-state index in [0.29, 0.717) is 44.0 Å². The second-order valence-electron chi connectivity index (χ2n) is 7.29.